The van der Waals surface area contributed by atoms with Crippen LogP contribution in [0.5, 0.6) is 0 Å². The molecule has 0 aliphatic carbocycles. The maximum Gasteiger partial charge on any atom is 0.167 e. The summed E-state index contributed by atoms with van der Waals surface area (Å²) in [4.78, 5) is 8.08. The van der Waals surface area contributed by atoms with Gasteiger partial charge in [0.25, 0.3) is 0 Å². The molecule has 106 valence electrons. The highest BCUT2D eigenvalue weighted by atomic mass is 35.5. The molecule has 0 bridgehead atoms. The molecule has 3 rings (SSSR count). The molecule has 2 nitrogen and oxygen atoms in total. The first-order chi connectivity index (χ1) is 9.97. The second kappa shape index (κ2) is 5.00. The summed E-state index contributed by atoms with van der Waals surface area (Å²) in [6, 6.07) is 6.46. The molecule has 0 aliphatic heterocycles. The maximum atomic E-state index is 13.8. The van der Waals surface area contributed by atoms with Gasteiger partial charge in [-0.15, -0.1) is 0 Å². The minimum Gasteiger partial charge on any atom is -0.227 e. The van der Waals surface area contributed by atoms with Crippen molar-refractivity contribution < 1.29 is 13.2 Å². The Morgan fingerprint density at radius 2 is 1.67 bits per heavy atom. The second-order valence-electron chi connectivity index (χ2n) is 4.55. The van der Waals surface area contributed by atoms with Crippen LogP contribution in [0.3, 0.4) is 0 Å². The molecule has 1 aromatic heterocycles. The van der Waals surface area contributed by atoms with Gasteiger partial charge in [0.2, 0.25) is 0 Å². The van der Waals surface area contributed by atoms with Gasteiger partial charge in [-0.2, -0.15) is 0 Å². The molecule has 0 fully saturated rings. The number of benzene rings is 2. The molecular weight excluding hydrogens is 301 g/mol. The van der Waals surface area contributed by atoms with E-state index in [-0.39, 0.29) is 11.0 Å². The fraction of sp³-hybridized carbons (Fsp3) is 0.0667. The molecule has 2 aromatic carbocycles. The third-order valence-electron chi connectivity index (χ3n) is 3.11. The average molecular weight is 309 g/mol. The molecule has 0 saturated heterocycles. The van der Waals surface area contributed by atoms with Gasteiger partial charge in [-0.05, 0) is 18.6 Å². The lowest BCUT2D eigenvalue weighted by atomic mass is 10.1. The molecule has 0 N–H and O–H groups in total. The highest BCUT2D eigenvalue weighted by Gasteiger charge is 2.18. The van der Waals surface area contributed by atoms with E-state index >= 15 is 0 Å². The van der Waals surface area contributed by atoms with Crippen molar-refractivity contribution in [3.05, 3.63) is 58.5 Å². The van der Waals surface area contributed by atoms with Gasteiger partial charge in [-0.3, -0.25) is 0 Å². The van der Waals surface area contributed by atoms with Gasteiger partial charge in [-0.1, -0.05) is 23.7 Å². The standard InChI is InChI=1S/C15H8ClF3N2/c1-7-3-2-4-9-13(7)20-15(21-14(9)16)12-10(18)5-8(17)6-11(12)19/h2-6H,1H3. The first kappa shape index (κ1) is 13.8. The number of hydrogen-bond acceptors (Lipinski definition) is 2. The van der Waals surface area contributed by atoms with Crippen LogP contribution < -0.4 is 0 Å². The van der Waals surface area contributed by atoms with Crippen molar-refractivity contribution in [1.29, 1.82) is 0 Å². The molecule has 6 heteroatoms. The number of aromatic nitrogens is 2. The number of halogens is 4. The Hall–Kier alpha value is -2.14. The van der Waals surface area contributed by atoms with Crippen molar-refractivity contribution in [2.45, 2.75) is 6.92 Å². The Kier molecular flexibility index (Phi) is 3.29. The zero-order valence-electron chi connectivity index (χ0n) is 10.8. The van der Waals surface area contributed by atoms with Crippen LogP contribution in [-0.4, -0.2) is 9.97 Å². The lowest BCUT2D eigenvalue weighted by Gasteiger charge is -2.08. The van der Waals surface area contributed by atoms with Crippen molar-refractivity contribution in [3.63, 3.8) is 0 Å². The SMILES string of the molecule is Cc1cccc2c(Cl)nc(-c3c(F)cc(F)cc3F)nc12. The van der Waals surface area contributed by atoms with Gasteiger partial charge in [0.05, 0.1) is 11.1 Å². The predicted octanol–water partition coefficient (Wildman–Crippen LogP) is 4.68. The summed E-state index contributed by atoms with van der Waals surface area (Å²) in [5.74, 6) is -3.36. The molecule has 3 aromatic rings. The molecule has 21 heavy (non-hydrogen) atoms. The van der Waals surface area contributed by atoms with E-state index in [0.29, 0.717) is 23.0 Å². The minimum atomic E-state index is -1.07. The summed E-state index contributed by atoms with van der Waals surface area (Å²) in [7, 11) is 0. The zero-order valence-corrected chi connectivity index (χ0v) is 11.5. The normalized spacial score (nSPS) is 11.1. The van der Waals surface area contributed by atoms with Crippen molar-refractivity contribution in [2.24, 2.45) is 0 Å². The van der Waals surface area contributed by atoms with E-state index in [2.05, 4.69) is 9.97 Å². The molecule has 1 heterocycles. The van der Waals surface area contributed by atoms with Gasteiger partial charge < -0.3 is 0 Å². The molecule has 0 saturated carbocycles. The van der Waals surface area contributed by atoms with Crippen molar-refractivity contribution in [3.8, 4) is 11.4 Å². The quantitative estimate of drug-likeness (QED) is 0.610. The number of fused-ring (bicyclic) bond motifs is 1. The number of nitrogens with zero attached hydrogens (tertiary/aromatic N) is 2. The van der Waals surface area contributed by atoms with Crippen molar-refractivity contribution in [1.82, 2.24) is 9.97 Å². The minimum absolute atomic E-state index is 0.0850. The van der Waals surface area contributed by atoms with Crippen LogP contribution in [-0.2, 0) is 0 Å². The topological polar surface area (TPSA) is 25.8 Å². The highest BCUT2D eigenvalue weighted by Crippen LogP contribution is 2.29. The number of para-hydroxylation sites is 1. The molecular formula is C15H8ClF3N2. The molecule has 0 radical (unpaired) electrons. The fourth-order valence-corrected chi connectivity index (χ4v) is 2.36. The second-order valence-corrected chi connectivity index (χ2v) is 4.91. The van der Waals surface area contributed by atoms with E-state index < -0.39 is 23.0 Å². The summed E-state index contributed by atoms with van der Waals surface area (Å²) in [5, 5.41) is 0.671. The molecule has 0 unspecified atom stereocenters. The summed E-state index contributed by atoms with van der Waals surface area (Å²) in [6.07, 6.45) is 0. The van der Waals surface area contributed by atoms with Crippen LogP contribution >= 0.6 is 11.6 Å². The van der Waals surface area contributed by atoms with Crippen LogP contribution in [0.4, 0.5) is 13.2 Å². The Morgan fingerprint density at radius 1 is 1.00 bits per heavy atom. The lowest BCUT2D eigenvalue weighted by molar-refractivity contribution is 0.547. The summed E-state index contributed by atoms with van der Waals surface area (Å²) in [6.45, 7) is 1.80. The van der Waals surface area contributed by atoms with E-state index in [1.165, 1.54) is 0 Å². The van der Waals surface area contributed by atoms with Crippen LogP contribution in [0.1, 0.15) is 5.56 Å². The molecule has 0 atom stereocenters. The van der Waals surface area contributed by atoms with Crippen LogP contribution in [0.15, 0.2) is 30.3 Å². The first-order valence-corrected chi connectivity index (χ1v) is 6.43. The van der Waals surface area contributed by atoms with Crippen molar-refractivity contribution in [2.75, 3.05) is 0 Å². The maximum absolute atomic E-state index is 13.8. The van der Waals surface area contributed by atoms with Crippen molar-refractivity contribution >= 4 is 22.5 Å². The van der Waals surface area contributed by atoms with Crippen LogP contribution in [0.25, 0.3) is 22.3 Å². The summed E-state index contributed by atoms with van der Waals surface area (Å²) < 4.78 is 40.6. The van der Waals surface area contributed by atoms with E-state index in [4.69, 9.17) is 11.6 Å². The Balaban J connectivity index is 2.34. The van der Waals surface area contributed by atoms with E-state index in [1.807, 2.05) is 0 Å². The summed E-state index contributed by atoms with van der Waals surface area (Å²) >= 11 is 6.05. The third kappa shape index (κ3) is 2.34. The van der Waals surface area contributed by atoms with E-state index in [0.717, 1.165) is 5.56 Å². The Morgan fingerprint density at radius 3 is 2.33 bits per heavy atom. The fourth-order valence-electron chi connectivity index (χ4n) is 2.13. The predicted molar refractivity (Wildman–Crippen MR) is 74.6 cm³/mol. The van der Waals surface area contributed by atoms with Crippen LogP contribution in [0, 0.1) is 24.4 Å². The van der Waals surface area contributed by atoms with Gasteiger partial charge in [-0.25, -0.2) is 23.1 Å². The van der Waals surface area contributed by atoms with Gasteiger partial charge in [0.15, 0.2) is 5.82 Å². The van der Waals surface area contributed by atoms with Gasteiger partial charge in [0.1, 0.15) is 22.6 Å². The van der Waals surface area contributed by atoms with Gasteiger partial charge in [0, 0.05) is 17.5 Å². The third-order valence-corrected chi connectivity index (χ3v) is 3.40. The average Bonchev–Trinajstić information content (AvgIpc) is 2.39. The highest BCUT2D eigenvalue weighted by molar-refractivity contribution is 6.34. The Labute approximate surface area is 123 Å². The monoisotopic (exact) mass is 308 g/mol. The Bertz CT molecular complexity index is 842. The molecule has 0 aliphatic rings. The molecule has 0 amide bonds. The van der Waals surface area contributed by atoms with Gasteiger partial charge >= 0.3 is 0 Å². The zero-order chi connectivity index (χ0) is 15.1. The number of hydrogen-bond donors (Lipinski definition) is 0. The first-order valence-electron chi connectivity index (χ1n) is 6.05. The number of rotatable bonds is 1. The smallest absolute Gasteiger partial charge is 0.167 e. The lowest BCUT2D eigenvalue weighted by Crippen LogP contribution is -1.99. The van der Waals surface area contributed by atoms with Crippen LogP contribution in [0.2, 0.25) is 5.15 Å². The number of aryl methyl sites for hydroxylation is 1. The summed E-state index contributed by atoms with van der Waals surface area (Å²) in [5.41, 5.74) is 0.792. The van der Waals surface area contributed by atoms with E-state index in [1.54, 1.807) is 25.1 Å². The van der Waals surface area contributed by atoms with E-state index in [9.17, 15) is 13.2 Å². The molecule has 0 spiro atoms. The largest absolute Gasteiger partial charge is 0.227 e.